The Morgan fingerprint density at radius 3 is 2.22 bits per heavy atom. The van der Waals surface area contributed by atoms with E-state index in [1.807, 2.05) is 12.4 Å². The molecule has 0 amide bonds. The average molecular weight is 361 g/mol. The van der Waals surface area contributed by atoms with E-state index in [0.717, 1.165) is 30.2 Å². The number of hydrogen-bond acceptors (Lipinski definition) is 2. The summed E-state index contributed by atoms with van der Waals surface area (Å²) in [5, 5.41) is 0. The zero-order chi connectivity index (χ0) is 18.9. The van der Waals surface area contributed by atoms with E-state index < -0.39 is 0 Å². The van der Waals surface area contributed by atoms with Crippen LogP contribution in [0.4, 0.5) is 0 Å². The molecule has 142 valence electrons. The summed E-state index contributed by atoms with van der Waals surface area (Å²) in [4.78, 5) is 8.69. The van der Waals surface area contributed by atoms with Gasteiger partial charge in [-0.25, -0.2) is 9.97 Å². The molecule has 1 aliphatic carbocycles. The van der Waals surface area contributed by atoms with Crippen molar-refractivity contribution in [2.75, 3.05) is 0 Å². The second-order valence-electron chi connectivity index (χ2n) is 7.90. The molecule has 0 N–H and O–H groups in total. The molecule has 3 rings (SSSR count). The summed E-state index contributed by atoms with van der Waals surface area (Å²) in [6.07, 6.45) is 15.6. The van der Waals surface area contributed by atoms with Crippen molar-refractivity contribution in [3.63, 3.8) is 0 Å². The van der Waals surface area contributed by atoms with E-state index in [1.165, 1.54) is 56.1 Å². The fourth-order valence-corrected chi connectivity index (χ4v) is 4.08. The SMILES string of the molecule is CCCC[C@H]1CC[C@H](c2ccc(C#Cc3ncc(CCC)cn3)cc2)CC1. The largest absolute Gasteiger partial charge is 0.229 e. The van der Waals surface area contributed by atoms with E-state index in [4.69, 9.17) is 0 Å². The third-order valence-corrected chi connectivity index (χ3v) is 5.76. The lowest BCUT2D eigenvalue weighted by Gasteiger charge is -2.28. The van der Waals surface area contributed by atoms with Crippen molar-refractivity contribution < 1.29 is 0 Å². The van der Waals surface area contributed by atoms with Gasteiger partial charge in [0.15, 0.2) is 0 Å². The molecule has 0 unspecified atom stereocenters. The Morgan fingerprint density at radius 1 is 0.889 bits per heavy atom. The van der Waals surface area contributed by atoms with Gasteiger partial charge in [-0.1, -0.05) is 57.6 Å². The summed E-state index contributed by atoms with van der Waals surface area (Å²) in [6.45, 7) is 4.46. The first-order valence-corrected chi connectivity index (χ1v) is 10.7. The lowest BCUT2D eigenvalue weighted by molar-refractivity contribution is 0.304. The number of aromatic nitrogens is 2. The summed E-state index contributed by atoms with van der Waals surface area (Å²) in [7, 11) is 0. The molecule has 27 heavy (non-hydrogen) atoms. The molecule has 0 spiro atoms. The van der Waals surface area contributed by atoms with Gasteiger partial charge in [0.25, 0.3) is 0 Å². The fraction of sp³-hybridized carbons (Fsp3) is 0.520. The van der Waals surface area contributed by atoms with Crippen LogP contribution in [0.2, 0.25) is 0 Å². The van der Waals surface area contributed by atoms with Crippen molar-refractivity contribution in [2.24, 2.45) is 5.92 Å². The first-order valence-electron chi connectivity index (χ1n) is 10.7. The van der Waals surface area contributed by atoms with Gasteiger partial charge in [-0.15, -0.1) is 0 Å². The van der Waals surface area contributed by atoms with Crippen LogP contribution < -0.4 is 0 Å². The summed E-state index contributed by atoms with van der Waals surface area (Å²) < 4.78 is 0. The van der Waals surface area contributed by atoms with Crippen LogP contribution in [0.25, 0.3) is 0 Å². The van der Waals surface area contributed by atoms with Gasteiger partial charge in [-0.05, 0) is 73.1 Å². The summed E-state index contributed by atoms with van der Waals surface area (Å²) in [5.74, 6) is 8.58. The van der Waals surface area contributed by atoms with Crippen LogP contribution in [0, 0.1) is 17.8 Å². The van der Waals surface area contributed by atoms with Gasteiger partial charge in [0.05, 0.1) is 0 Å². The predicted octanol–water partition coefficient (Wildman–Crippen LogP) is 6.29. The molecule has 0 atom stereocenters. The number of nitrogens with zero attached hydrogens (tertiary/aromatic N) is 2. The average Bonchev–Trinajstić information content (AvgIpc) is 2.73. The van der Waals surface area contributed by atoms with Crippen LogP contribution >= 0.6 is 0 Å². The van der Waals surface area contributed by atoms with Crippen molar-refractivity contribution in [3.8, 4) is 11.8 Å². The van der Waals surface area contributed by atoms with Crippen LogP contribution in [-0.2, 0) is 6.42 Å². The summed E-state index contributed by atoms with van der Waals surface area (Å²) >= 11 is 0. The lowest BCUT2D eigenvalue weighted by atomic mass is 9.77. The molecule has 2 nitrogen and oxygen atoms in total. The minimum absolute atomic E-state index is 0.601. The zero-order valence-corrected chi connectivity index (χ0v) is 16.9. The molecule has 1 aromatic carbocycles. The maximum Gasteiger partial charge on any atom is 0.205 e. The monoisotopic (exact) mass is 360 g/mol. The highest BCUT2D eigenvalue weighted by atomic mass is 14.8. The number of aryl methyl sites for hydroxylation is 1. The molecule has 0 radical (unpaired) electrons. The van der Waals surface area contributed by atoms with E-state index in [1.54, 1.807) is 0 Å². The van der Waals surface area contributed by atoms with Crippen LogP contribution in [0.15, 0.2) is 36.7 Å². The Kier molecular flexibility index (Phi) is 7.45. The van der Waals surface area contributed by atoms with Gasteiger partial charge < -0.3 is 0 Å². The second kappa shape index (κ2) is 10.3. The van der Waals surface area contributed by atoms with Gasteiger partial charge in [0, 0.05) is 18.0 Å². The van der Waals surface area contributed by atoms with Gasteiger partial charge in [-0.2, -0.15) is 0 Å². The van der Waals surface area contributed by atoms with Gasteiger partial charge in [0.2, 0.25) is 5.82 Å². The quantitative estimate of drug-likeness (QED) is 0.565. The molecule has 1 aliphatic rings. The lowest BCUT2D eigenvalue weighted by Crippen LogP contribution is -2.13. The Bertz CT molecular complexity index is 742. The van der Waals surface area contributed by atoms with Gasteiger partial charge in [-0.3, -0.25) is 0 Å². The van der Waals surface area contributed by atoms with Crippen LogP contribution in [-0.4, -0.2) is 9.97 Å². The van der Waals surface area contributed by atoms with E-state index >= 15 is 0 Å². The highest BCUT2D eigenvalue weighted by Crippen LogP contribution is 2.37. The van der Waals surface area contributed by atoms with E-state index in [-0.39, 0.29) is 0 Å². The van der Waals surface area contributed by atoms with Crippen LogP contribution in [0.1, 0.15) is 93.6 Å². The summed E-state index contributed by atoms with van der Waals surface area (Å²) in [6, 6.07) is 8.84. The third-order valence-electron chi connectivity index (χ3n) is 5.76. The maximum absolute atomic E-state index is 4.35. The molecule has 0 saturated heterocycles. The van der Waals surface area contributed by atoms with Crippen LogP contribution in [0.5, 0.6) is 0 Å². The molecular weight excluding hydrogens is 328 g/mol. The molecule has 2 heteroatoms. The highest BCUT2D eigenvalue weighted by molar-refractivity contribution is 5.40. The van der Waals surface area contributed by atoms with E-state index in [0.29, 0.717) is 5.82 Å². The predicted molar refractivity (Wildman–Crippen MR) is 113 cm³/mol. The molecular formula is C25H32N2. The maximum atomic E-state index is 4.35. The van der Waals surface area contributed by atoms with Crippen molar-refractivity contribution in [3.05, 3.63) is 59.2 Å². The Hall–Kier alpha value is -2.14. The van der Waals surface area contributed by atoms with Crippen LogP contribution in [0.3, 0.4) is 0 Å². The normalized spacial score (nSPS) is 19.3. The second-order valence-corrected chi connectivity index (χ2v) is 7.90. The topological polar surface area (TPSA) is 25.8 Å². The molecule has 1 saturated carbocycles. The third kappa shape index (κ3) is 5.93. The Morgan fingerprint density at radius 2 is 1.59 bits per heavy atom. The van der Waals surface area contributed by atoms with Crippen molar-refractivity contribution in [1.82, 2.24) is 9.97 Å². The minimum atomic E-state index is 0.601. The standard InChI is InChI=1S/C25H32N2/c1-3-5-7-20-8-13-23(14-9-20)24-15-10-21(11-16-24)12-17-25-26-18-22(6-4-2)19-27-25/h10-11,15-16,18-20,23H,3-9,13-14H2,1-2H3/t20-,23-. The van der Waals surface area contributed by atoms with Crippen molar-refractivity contribution >= 4 is 0 Å². The summed E-state index contributed by atoms with van der Waals surface area (Å²) in [5.41, 5.74) is 3.70. The molecule has 1 aromatic heterocycles. The smallest absolute Gasteiger partial charge is 0.205 e. The fourth-order valence-electron chi connectivity index (χ4n) is 4.08. The van der Waals surface area contributed by atoms with E-state index in [9.17, 15) is 0 Å². The Balaban J connectivity index is 1.55. The van der Waals surface area contributed by atoms with Gasteiger partial charge >= 0.3 is 0 Å². The van der Waals surface area contributed by atoms with Gasteiger partial charge in [0.1, 0.15) is 0 Å². The number of unbranched alkanes of at least 4 members (excludes halogenated alkanes) is 1. The van der Waals surface area contributed by atoms with Crippen molar-refractivity contribution in [2.45, 2.75) is 77.6 Å². The van der Waals surface area contributed by atoms with E-state index in [2.05, 4.69) is 59.9 Å². The molecule has 0 bridgehead atoms. The first-order chi connectivity index (χ1) is 13.3. The zero-order valence-electron chi connectivity index (χ0n) is 16.9. The number of benzene rings is 1. The first kappa shape index (κ1) is 19.6. The minimum Gasteiger partial charge on any atom is -0.229 e. The number of rotatable bonds is 6. The molecule has 2 aromatic rings. The Labute approximate surface area is 164 Å². The van der Waals surface area contributed by atoms with Crippen molar-refractivity contribution in [1.29, 1.82) is 0 Å². The molecule has 1 fully saturated rings. The number of hydrogen-bond donors (Lipinski definition) is 0. The molecule has 0 aliphatic heterocycles. The molecule has 1 heterocycles. The highest BCUT2D eigenvalue weighted by Gasteiger charge is 2.21.